The topological polar surface area (TPSA) is 59.3 Å². The first kappa shape index (κ1) is 22.8. The molecule has 0 N–H and O–H groups in total. The molecule has 7 heteroatoms. The minimum atomic E-state index is -0.514. The van der Waals surface area contributed by atoms with Gasteiger partial charge in [0.15, 0.2) is 0 Å². The number of hydrogen-bond acceptors (Lipinski definition) is 5. The van der Waals surface area contributed by atoms with Gasteiger partial charge in [-0.1, -0.05) is 18.1 Å². The van der Waals surface area contributed by atoms with Crippen molar-refractivity contribution in [2.24, 2.45) is 10.9 Å². The lowest BCUT2D eigenvalue weighted by atomic mass is 10.0. The Balaban J connectivity index is 1.58. The zero-order valence-corrected chi connectivity index (χ0v) is 20.0. The second-order valence-corrected chi connectivity index (χ2v) is 9.63. The van der Waals surface area contributed by atoms with Crippen molar-refractivity contribution >= 4 is 17.7 Å². The molecule has 174 valence electrons. The Kier molecular flexibility index (Phi) is 6.11. The molecule has 1 amide bonds. The number of fused-ring (bicyclic) bond motifs is 1. The number of rotatable bonds is 4. The van der Waals surface area contributed by atoms with E-state index in [2.05, 4.69) is 33.6 Å². The number of aliphatic imine (C=N–C) groups is 1. The molecule has 0 spiro atoms. The highest BCUT2D eigenvalue weighted by Gasteiger charge is 2.38. The molecular weight excluding hydrogens is 416 g/mol. The number of aromatic nitrogens is 1. The molecule has 1 saturated heterocycles. The minimum absolute atomic E-state index is 0.107. The summed E-state index contributed by atoms with van der Waals surface area (Å²) in [6.45, 7) is 7.55. The minimum Gasteiger partial charge on any atom is -0.497 e. The van der Waals surface area contributed by atoms with Crippen molar-refractivity contribution in [3.05, 3.63) is 47.7 Å². The van der Waals surface area contributed by atoms with Crippen LogP contribution in [0.1, 0.15) is 44.4 Å². The van der Waals surface area contributed by atoms with E-state index in [0.29, 0.717) is 19.6 Å². The molecule has 7 nitrogen and oxygen atoms in total. The Morgan fingerprint density at radius 1 is 1.24 bits per heavy atom. The maximum atomic E-state index is 12.6. The van der Waals surface area contributed by atoms with E-state index in [-0.39, 0.29) is 18.1 Å². The maximum absolute atomic E-state index is 12.6. The zero-order chi connectivity index (χ0) is 23.8. The fourth-order valence-corrected chi connectivity index (χ4v) is 4.45. The summed E-state index contributed by atoms with van der Waals surface area (Å²) in [4.78, 5) is 21.5. The van der Waals surface area contributed by atoms with Gasteiger partial charge in [-0.25, -0.2) is 9.79 Å². The first-order chi connectivity index (χ1) is 15.7. The molecule has 1 aromatic heterocycles. The zero-order valence-electron chi connectivity index (χ0n) is 20.0. The normalized spacial score (nSPS) is 20.2. The van der Waals surface area contributed by atoms with Crippen LogP contribution in [0.3, 0.4) is 0 Å². The molecule has 2 aliphatic heterocycles. The van der Waals surface area contributed by atoms with Crippen molar-refractivity contribution in [1.29, 1.82) is 0 Å². The lowest BCUT2D eigenvalue weighted by molar-refractivity contribution is 0.0291. The van der Waals surface area contributed by atoms with E-state index in [1.54, 1.807) is 12.0 Å². The van der Waals surface area contributed by atoms with Crippen LogP contribution in [0.4, 0.5) is 10.6 Å². The summed E-state index contributed by atoms with van der Waals surface area (Å²) in [6.07, 6.45) is 8.55. The van der Waals surface area contributed by atoms with E-state index in [1.807, 2.05) is 46.1 Å². The highest BCUT2D eigenvalue weighted by Crippen LogP contribution is 2.38. The molecule has 0 aliphatic carbocycles. The van der Waals surface area contributed by atoms with Gasteiger partial charge in [0.05, 0.1) is 7.11 Å². The highest BCUT2D eigenvalue weighted by atomic mass is 16.6. The Morgan fingerprint density at radius 3 is 2.61 bits per heavy atom. The number of benzene rings is 1. The van der Waals surface area contributed by atoms with Gasteiger partial charge in [-0.2, -0.15) is 0 Å². The Hall–Kier alpha value is -3.40. The standard InChI is InChI=1S/C26H32N4O3/c1-7-22-21-13-15-29(16-18-8-10-20(32-6)11-9-18)24(21)27-23(28(22)5)19-12-14-30(17-19)25(31)33-26(2,3)4/h1,8-11,13,15,19,22H,12,14,16-17H2,2-6H3. The van der Waals surface area contributed by atoms with Crippen LogP contribution in [0.15, 0.2) is 41.5 Å². The van der Waals surface area contributed by atoms with Crippen LogP contribution in [0.2, 0.25) is 0 Å². The van der Waals surface area contributed by atoms with Gasteiger partial charge in [-0.05, 0) is 51.0 Å². The second-order valence-electron chi connectivity index (χ2n) is 9.63. The van der Waals surface area contributed by atoms with Crippen molar-refractivity contribution in [1.82, 2.24) is 14.4 Å². The number of amidine groups is 1. The van der Waals surface area contributed by atoms with Gasteiger partial charge in [0.1, 0.15) is 29.0 Å². The summed E-state index contributed by atoms with van der Waals surface area (Å²) in [6, 6.07) is 9.89. The van der Waals surface area contributed by atoms with Crippen molar-refractivity contribution in [3.8, 4) is 18.1 Å². The number of likely N-dealkylation sites (tertiary alicyclic amines) is 1. The molecule has 2 aromatic rings. The smallest absolute Gasteiger partial charge is 0.410 e. The first-order valence-electron chi connectivity index (χ1n) is 11.3. The number of carbonyl (C=O) groups excluding carboxylic acids is 1. The molecule has 3 heterocycles. The Bertz CT molecular complexity index is 1090. The fourth-order valence-electron chi connectivity index (χ4n) is 4.45. The van der Waals surface area contributed by atoms with Crippen LogP contribution in [0.5, 0.6) is 5.75 Å². The van der Waals surface area contributed by atoms with E-state index in [0.717, 1.165) is 35.0 Å². The number of ether oxygens (including phenoxy) is 2. The third-order valence-electron chi connectivity index (χ3n) is 6.10. The van der Waals surface area contributed by atoms with Gasteiger partial charge >= 0.3 is 6.09 Å². The van der Waals surface area contributed by atoms with Gasteiger partial charge in [-0.3, -0.25) is 0 Å². The van der Waals surface area contributed by atoms with E-state index in [9.17, 15) is 4.79 Å². The summed E-state index contributed by atoms with van der Waals surface area (Å²) < 4.78 is 13.0. The third kappa shape index (κ3) is 4.70. The van der Waals surface area contributed by atoms with Crippen LogP contribution in [0, 0.1) is 18.3 Å². The van der Waals surface area contributed by atoms with Crippen molar-refractivity contribution in [2.45, 2.75) is 45.4 Å². The van der Waals surface area contributed by atoms with Crippen molar-refractivity contribution < 1.29 is 14.3 Å². The van der Waals surface area contributed by atoms with Crippen LogP contribution in [0.25, 0.3) is 0 Å². The number of carbonyl (C=O) groups is 1. The van der Waals surface area contributed by atoms with Gasteiger partial charge in [-0.15, -0.1) is 6.42 Å². The predicted molar refractivity (Wildman–Crippen MR) is 129 cm³/mol. The fraction of sp³-hybridized carbons (Fsp3) is 0.462. The molecule has 0 bridgehead atoms. The summed E-state index contributed by atoms with van der Waals surface area (Å²) >= 11 is 0. The Morgan fingerprint density at radius 2 is 1.97 bits per heavy atom. The van der Waals surface area contributed by atoms with E-state index < -0.39 is 5.60 Å². The third-order valence-corrected chi connectivity index (χ3v) is 6.10. The van der Waals surface area contributed by atoms with E-state index in [1.165, 1.54) is 0 Å². The summed E-state index contributed by atoms with van der Waals surface area (Å²) in [7, 11) is 3.65. The van der Waals surface area contributed by atoms with E-state index in [4.69, 9.17) is 20.9 Å². The average molecular weight is 449 g/mol. The predicted octanol–water partition coefficient (Wildman–Crippen LogP) is 4.45. The quantitative estimate of drug-likeness (QED) is 0.649. The van der Waals surface area contributed by atoms with Crippen LogP contribution >= 0.6 is 0 Å². The van der Waals surface area contributed by atoms with Crippen LogP contribution in [-0.2, 0) is 11.3 Å². The van der Waals surface area contributed by atoms with Gasteiger partial charge < -0.3 is 23.8 Å². The number of nitrogens with zero attached hydrogens (tertiary/aromatic N) is 4. The van der Waals surface area contributed by atoms with Gasteiger partial charge in [0.25, 0.3) is 0 Å². The van der Waals surface area contributed by atoms with E-state index >= 15 is 0 Å². The molecular formula is C26H32N4O3. The molecule has 33 heavy (non-hydrogen) atoms. The number of methoxy groups -OCH3 is 1. The summed E-state index contributed by atoms with van der Waals surface area (Å²) in [5.74, 6) is 5.68. The average Bonchev–Trinajstić information content (AvgIpc) is 3.40. The molecule has 4 rings (SSSR count). The lowest BCUT2D eigenvalue weighted by Gasteiger charge is -2.34. The number of amides is 1. The molecule has 1 fully saturated rings. The van der Waals surface area contributed by atoms with Gasteiger partial charge in [0, 0.05) is 44.4 Å². The molecule has 1 aromatic carbocycles. The summed E-state index contributed by atoms with van der Waals surface area (Å²) in [5, 5.41) is 0. The number of terminal acetylenes is 1. The lowest BCUT2D eigenvalue weighted by Crippen LogP contribution is -2.40. The molecule has 2 unspecified atom stereocenters. The second kappa shape index (κ2) is 8.86. The van der Waals surface area contributed by atoms with Crippen molar-refractivity contribution in [3.63, 3.8) is 0 Å². The SMILES string of the molecule is C#CC1c2ccn(Cc3ccc(OC)cc3)c2N=C(C2CCN(C(=O)OC(C)(C)C)C2)N1C. The molecule has 2 atom stereocenters. The van der Waals surface area contributed by atoms with Gasteiger partial charge in [0.2, 0.25) is 0 Å². The van der Waals surface area contributed by atoms with Crippen molar-refractivity contribution in [2.75, 3.05) is 27.2 Å². The highest BCUT2D eigenvalue weighted by molar-refractivity contribution is 5.90. The van der Waals surface area contributed by atoms with Crippen LogP contribution in [-0.4, -0.2) is 59.1 Å². The molecule has 0 radical (unpaired) electrons. The monoisotopic (exact) mass is 448 g/mol. The number of hydrogen-bond donors (Lipinski definition) is 0. The maximum Gasteiger partial charge on any atom is 0.410 e. The Labute approximate surface area is 196 Å². The van der Waals surface area contributed by atoms with Crippen LogP contribution < -0.4 is 4.74 Å². The summed E-state index contributed by atoms with van der Waals surface area (Å²) in [5.41, 5.74) is 1.67. The first-order valence-corrected chi connectivity index (χ1v) is 11.3. The molecule has 2 aliphatic rings. The largest absolute Gasteiger partial charge is 0.497 e. The molecule has 0 saturated carbocycles.